The average Bonchev–Trinajstić information content (AvgIpc) is 2.90. The van der Waals surface area contributed by atoms with Crippen LogP contribution in [0.3, 0.4) is 0 Å². The predicted octanol–water partition coefficient (Wildman–Crippen LogP) is 4.78. The van der Waals surface area contributed by atoms with Crippen LogP contribution in [0, 0.1) is 11.3 Å². The molecule has 7 heteroatoms. The summed E-state index contributed by atoms with van der Waals surface area (Å²) in [5.74, 6) is 0.0592. The third-order valence-electron chi connectivity index (χ3n) is 7.02. The topological polar surface area (TPSA) is 74.6 Å². The van der Waals surface area contributed by atoms with Crippen molar-refractivity contribution in [3.05, 3.63) is 76.3 Å². The molecule has 1 saturated heterocycles. The number of carbonyl (C=O) groups excluding carboxylic acids is 1. The molecule has 3 aromatic carbocycles. The summed E-state index contributed by atoms with van der Waals surface area (Å²) in [5, 5.41) is 15.1. The zero-order chi connectivity index (χ0) is 24.8. The number of halogens is 1. The lowest BCUT2D eigenvalue weighted by Crippen LogP contribution is -2.49. The molecule has 0 saturated carbocycles. The van der Waals surface area contributed by atoms with Gasteiger partial charge in [-0.15, -0.1) is 0 Å². The van der Waals surface area contributed by atoms with E-state index in [2.05, 4.69) is 28.4 Å². The van der Waals surface area contributed by atoms with E-state index in [0.717, 1.165) is 48.8 Å². The van der Waals surface area contributed by atoms with Crippen molar-refractivity contribution in [1.29, 1.82) is 5.26 Å². The predicted molar refractivity (Wildman–Crippen MR) is 138 cm³/mol. The molecule has 1 amide bonds. The van der Waals surface area contributed by atoms with Gasteiger partial charge in [0.05, 0.1) is 24.8 Å². The molecule has 1 aliphatic rings. The minimum Gasteiger partial charge on any atom is -0.495 e. The number of ether oxygens (including phenoxy) is 2. The van der Waals surface area contributed by atoms with Gasteiger partial charge in [-0.25, -0.2) is 0 Å². The van der Waals surface area contributed by atoms with Crippen LogP contribution in [0.5, 0.6) is 5.75 Å². The number of likely N-dealkylation sites (tertiary alicyclic amines) is 1. The maximum atomic E-state index is 13.6. The van der Waals surface area contributed by atoms with Crippen LogP contribution in [0.25, 0.3) is 10.8 Å². The minimum atomic E-state index is -0.245. The van der Waals surface area contributed by atoms with Crippen molar-refractivity contribution in [2.24, 2.45) is 0 Å². The SMILES string of the molecule is COCCN1CCC(CNC(=O)c2c(OC)c(C#N)cc3ccccc23)(c2ccc(Cl)cc2)CC1. The third-order valence-corrected chi connectivity index (χ3v) is 7.27. The first-order valence-corrected chi connectivity index (χ1v) is 12.1. The van der Waals surface area contributed by atoms with Crippen molar-refractivity contribution in [3.63, 3.8) is 0 Å². The lowest BCUT2D eigenvalue weighted by molar-refractivity contribution is 0.0896. The lowest BCUT2D eigenvalue weighted by Gasteiger charge is -2.42. The molecule has 182 valence electrons. The number of fused-ring (bicyclic) bond motifs is 1. The molecule has 0 aromatic heterocycles. The molecule has 35 heavy (non-hydrogen) atoms. The second-order valence-electron chi connectivity index (χ2n) is 8.97. The van der Waals surface area contributed by atoms with E-state index >= 15 is 0 Å². The molecule has 0 unspecified atom stereocenters. The molecular weight excluding hydrogens is 462 g/mol. The molecule has 1 N–H and O–H groups in total. The highest BCUT2D eigenvalue weighted by Gasteiger charge is 2.37. The highest BCUT2D eigenvalue weighted by Crippen LogP contribution is 2.37. The van der Waals surface area contributed by atoms with Gasteiger partial charge in [0, 0.05) is 30.6 Å². The third kappa shape index (κ3) is 5.28. The number of hydrogen-bond acceptors (Lipinski definition) is 5. The fourth-order valence-corrected chi connectivity index (χ4v) is 5.11. The number of hydrogen-bond donors (Lipinski definition) is 1. The fraction of sp³-hybridized carbons (Fsp3) is 0.357. The number of rotatable bonds is 8. The second kappa shape index (κ2) is 11.1. The molecule has 0 radical (unpaired) electrons. The molecule has 1 aliphatic heterocycles. The highest BCUT2D eigenvalue weighted by atomic mass is 35.5. The maximum Gasteiger partial charge on any atom is 0.255 e. The quantitative estimate of drug-likeness (QED) is 0.490. The number of amides is 1. The molecule has 6 nitrogen and oxygen atoms in total. The summed E-state index contributed by atoms with van der Waals surface area (Å²) in [5.41, 5.74) is 1.68. The fourth-order valence-electron chi connectivity index (χ4n) is 4.98. The van der Waals surface area contributed by atoms with E-state index < -0.39 is 0 Å². The van der Waals surface area contributed by atoms with Crippen LogP contribution in [-0.2, 0) is 10.2 Å². The van der Waals surface area contributed by atoms with Crippen LogP contribution >= 0.6 is 11.6 Å². The Morgan fingerprint density at radius 3 is 2.51 bits per heavy atom. The Morgan fingerprint density at radius 1 is 1.14 bits per heavy atom. The molecule has 0 atom stereocenters. The van der Waals surface area contributed by atoms with E-state index in [1.807, 2.05) is 36.4 Å². The first kappa shape index (κ1) is 25.0. The van der Waals surface area contributed by atoms with E-state index in [0.29, 0.717) is 35.1 Å². The number of nitriles is 1. The van der Waals surface area contributed by atoms with Crippen LogP contribution in [0.4, 0.5) is 0 Å². The number of piperidine rings is 1. The average molecular weight is 492 g/mol. The monoisotopic (exact) mass is 491 g/mol. The Balaban J connectivity index is 1.64. The Labute approximate surface area is 211 Å². The van der Waals surface area contributed by atoms with Crippen LogP contribution in [0.15, 0.2) is 54.6 Å². The minimum absolute atomic E-state index is 0.223. The standard InChI is InChI=1S/C28H30ClN3O3/c1-34-16-15-32-13-11-28(12-14-32,22-7-9-23(29)10-8-22)19-31-27(33)25-24-6-4-3-5-20(24)17-21(18-30)26(25)35-2/h3-10,17H,11-16,19H2,1-2H3,(H,31,33). The van der Waals surface area contributed by atoms with Gasteiger partial charge in [-0.2, -0.15) is 5.26 Å². The van der Waals surface area contributed by atoms with Gasteiger partial charge >= 0.3 is 0 Å². The molecule has 0 spiro atoms. The van der Waals surface area contributed by atoms with Crippen molar-refractivity contribution in [3.8, 4) is 11.8 Å². The van der Waals surface area contributed by atoms with E-state index in [4.69, 9.17) is 21.1 Å². The van der Waals surface area contributed by atoms with Gasteiger partial charge in [0.15, 0.2) is 0 Å². The smallest absolute Gasteiger partial charge is 0.255 e. The zero-order valence-electron chi connectivity index (χ0n) is 20.1. The normalized spacial score (nSPS) is 15.5. The molecule has 3 aromatic rings. The van der Waals surface area contributed by atoms with Crippen LogP contribution in [0.2, 0.25) is 5.02 Å². The summed E-state index contributed by atoms with van der Waals surface area (Å²) in [6.07, 6.45) is 1.80. The van der Waals surface area contributed by atoms with Crippen LogP contribution in [-0.4, -0.2) is 57.8 Å². The van der Waals surface area contributed by atoms with Crippen LogP contribution in [0.1, 0.15) is 34.3 Å². The Kier molecular flexibility index (Phi) is 7.92. The maximum absolute atomic E-state index is 13.6. The first-order valence-electron chi connectivity index (χ1n) is 11.8. The highest BCUT2D eigenvalue weighted by molar-refractivity contribution is 6.30. The largest absolute Gasteiger partial charge is 0.495 e. The van der Waals surface area contributed by atoms with E-state index in [1.165, 1.54) is 7.11 Å². The first-order chi connectivity index (χ1) is 17.0. The number of nitrogens with zero attached hydrogens (tertiary/aromatic N) is 2. The van der Waals surface area contributed by atoms with Gasteiger partial charge in [-0.05, 0) is 60.5 Å². The number of benzene rings is 3. The summed E-state index contributed by atoms with van der Waals surface area (Å²) in [6, 6.07) is 19.4. The molecule has 0 bridgehead atoms. The van der Waals surface area contributed by atoms with E-state index in [1.54, 1.807) is 13.2 Å². The molecule has 1 fully saturated rings. The van der Waals surface area contributed by atoms with Gasteiger partial charge in [0.25, 0.3) is 5.91 Å². The van der Waals surface area contributed by atoms with Gasteiger partial charge in [0.1, 0.15) is 11.8 Å². The number of nitrogens with one attached hydrogen (secondary N) is 1. The summed E-state index contributed by atoms with van der Waals surface area (Å²) >= 11 is 6.17. The van der Waals surface area contributed by atoms with Gasteiger partial charge in [-0.1, -0.05) is 48.0 Å². The summed E-state index contributed by atoms with van der Waals surface area (Å²) < 4.78 is 10.8. The van der Waals surface area contributed by atoms with E-state index in [-0.39, 0.29) is 11.3 Å². The second-order valence-corrected chi connectivity index (χ2v) is 9.41. The summed E-state index contributed by atoms with van der Waals surface area (Å²) in [4.78, 5) is 16.0. The number of carbonyl (C=O) groups is 1. The van der Waals surface area contributed by atoms with Gasteiger partial charge in [-0.3, -0.25) is 4.79 Å². The van der Waals surface area contributed by atoms with Crippen molar-refractivity contribution < 1.29 is 14.3 Å². The summed E-state index contributed by atoms with van der Waals surface area (Å²) in [7, 11) is 3.21. The molecular formula is C28H30ClN3O3. The lowest BCUT2D eigenvalue weighted by atomic mass is 9.72. The van der Waals surface area contributed by atoms with Gasteiger partial charge < -0.3 is 19.7 Å². The van der Waals surface area contributed by atoms with Crippen LogP contribution < -0.4 is 10.1 Å². The van der Waals surface area contributed by atoms with Crippen molar-refractivity contribution in [1.82, 2.24) is 10.2 Å². The van der Waals surface area contributed by atoms with E-state index in [9.17, 15) is 10.1 Å². The van der Waals surface area contributed by atoms with Crippen molar-refractivity contribution in [2.75, 3.05) is 47.0 Å². The summed E-state index contributed by atoms with van der Waals surface area (Å²) in [6.45, 7) is 3.90. The molecule has 0 aliphatic carbocycles. The molecule has 4 rings (SSSR count). The zero-order valence-corrected chi connectivity index (χ0v) is 20.9. The Bertz CT molecular complexity index is 1230. The molecule has 1 heterocycles. The van der Waals surface area contributed by atoms with Crippen molar-refractivity contribution in [2.45, 2.75) is 18.3 Å². The Morgan fingerprint density at radius 2 is 1.86 bits per heavy atom. The van der Waals surface area contributed by atoms with Gasteiger partial charge in [0.2, 0.25) is 0 Å². The number of methoxy groups -OCH3 is 2. The van der Waals surface area contributed by atoms with Crippen molar-refractivity contribution >= 4 is 28.3 Å². The Hall–Kier alpha value is -3.11.